The summed E-state index contributed by atoms with van der Waals surface area (Å²) in [5.41, 5.74) is 6.48. The molecule has 0 heterocycles. The summed E-state index contributed by atoms with van der Waals surface area (Å²) in [5, 5.41) is 0. The maximum Gasteiger partial charge on any atom is 0.226 e. The van der Waals surface area contributed by atoms with E-state index in [1.807, 2.05) is 26.2 Å². The van der Waals surface area contributed by atoms with Gasteiger partial charge < -0.3 is 19.3 Å². The van der Waals surface area contributed by atoms with E-state index in [0.29, 0.717) is 18.8 Å². The third-order valence-electron chi connectivity index (χ3n) is 7.01. The summed E-state index contributed by atoms with van der Waals surface area (Å²) in [6.45, 7) is 0. The molecule has 0 spiro atoms. The molecular weight excluding hydrogens is 452 g/mol. The topological polar surface area (TPSA) is 59.1 Å². The van der Waals surface area contributed by atoms with Crippen LogP contribution in [0.5, 0.6) is 11.5 Å². The van der Waals surface area contributed by atoms with Gasteiger partial charge in [0.25, 0.3) is 0 Å². The quantitative estimate of drug-likeness (QED) is 0.582. The van der Waals surface area contributed by atoms with E-state index in [4.69, 9.17) is 9.47 Å². The van der Waals surface area contributed by atoms with Gasteiger partial charge in [-0.1, -0.05) is 23.8 Å². The molecule has 2 amide bonds. The fourth-order valence-corrected chi connectivity index (χ4v) is 4.68. The lowest BCUT2D eigenvalue weighted by Crippen LogP contribution is -2.26. The molecule has 0 saturated carbocycles. The summed E-state index contributed by atoms with van der Waals surface area (Å²) in [5.74, 6) is 2.71. The standard InChI is InChI=1S/C15H21NO2.C15H19NO2/c2*1-16(2)15(17)9-11-4-5-13-10-14(18-3)7-6-12(13)8-11/h6-7,10-11H,4-5,8-9H2,1-3H3;6-8,10H,4-5,9H2,1-3H3. The Morgan fingerprint density at radius 3 is 2.08 bits per heavy atom. The lowest BCUT2D eigenvalue weighted by atomic mass is 9.82. The number of carbonyl (C=O) groups excluding carboxylic acids is 2. The van der Waals surface area contributed by atoms with Crippen LogP contribution in [-0.4, -0.2) is 64.0 Å². The fraction of sp³-hybridized carbons (Fsp3) is 0.467. The molecule has 6 nitrogen and oxygen atoms in total. The molecule has 0 fully saturated rings. The number of fused-ring (bicyclic) bond motifs is 2. The molecule has 0 bridgehead atoms. The summed E-state index contributed by atoms with van der Waals surface area (Å²) < 4.78 is 10.5. The molecule has 0 aromatic heterocycles. The number of nitrogens with zero attached hydrogens (tertiary/aromatic N) is 2. The smallest absolute Gasteiger partial charge is 0.226 e. The van der Waals surface area contributed by atoms with Gasteiger partial charge in [-0.3, -0.25) is 9.59 Å². The van der Waals surface area contributed by atoms with Gasteiger partial charge in [0.2, 0.25) is 11.8 Å². The SMILES string of the molecule is COc1ccc2c(c1)CCC(CC(=O)N(C)C)=C2.COc1ccc2c(c1)CCC(CC(=O)N(C)C)C2. The van der Waals surface area contributed by atoms with Gasteiger partial charge in [0.15, 0.2) is 0 Å². The molecule has 1 atom stereocenters. The van der Waals surface area contributed by atoms with Crippen LogP contribution in [0.3, 0.4) is 0 Å². The van der Waals surface area contributed by atoms with Crippen LogP contribution in [0.25, 0.3) is 6.08 Å². The van der Waals surface area contributed by atoms with Crippen LogP contribution in [0, 0.1) is 5.92 Å². The van der Waals surface area contributed by atoms with Crippen molar-refractivity contribution in [3.63, 3.8) is 0 Å². The van der Waals surface area contributed by atoms with E-state index in [-0.39, 0.29) is 11.8 Å². The number of methoxy groups -OCH3 is 2. The molecule has 2 aromatic carbocycles. The van der Waals surface area contributed by atoms with Crippen molar-refractivity contribution in [1.29, 1.82) is 0 Å². The van der Waals surface area contributed by atoms with Crippen molar-refractivity contribution in [1.82, 2.24) is 9.80 Å². The highest BCUT2D eigenvalue weighted by molar-refractivity contribution is 5.80. The molecule has 6 heteroatoms. The van der Waals surface area contributed by atoms with Crippen LogP contribution < -0.4 is 9.47 Å². The van der Waals surface area contributed by atoms with Crippen molar-refractivity contribution in [2.24, 2.45) is 5.92 Å². The summed E-state index contributed by atoms with van der Waals surface area (Å²) in [4.78, 5) is 26.7. The van der Waals surface area contributed by atoms with Gasteiger partial charge in [0, 0.05) is 41.0 Å². The highest BCUT2D eigenvalue weighted by Crippen LogP contribution is 2.31. The van der Waals surface area contributed by atoms with Crippen LogP contribution >= 0.6 is 0 Å². The van der Waals surface area contributed by atoms with Crippen molar-refractivity contribution < 1.29 is 19.1 Å². The Morgan fingerprint density at radius 1 is 0.806 bits per heavy atom. The molecule has 1 unspecified atom stereocenters. The minimum absolute atomic E-state index is 0.165. The molecule has 0 aliphatic heterocycles. The second-order valence-corrected chi connectivity index (χ2v) is 10.1. The zero-order valence-corrected chi connectivity index (χ0v) is 22.6. The molecule has 0 radical (unpaired) electrons. The van der Waals surface area contributed by atoms with E-state index in [0.717, 1.165) is 43.6 Å². The van der Waals surface area contributed by atoms with Crippen molar-refractivity contribution in [2.75, 3.05) is 42.4 Å². The number of ether oxygens (including phenoxy) is 2. The van der Waals surface area contributed by atoms with Gasteiger partial charge in [-0.2, -0.15) is 0 Å². The van der Waals surface area contributed by atoms with Crippen molar-refractivity contribution in [3.05, 3.63) is 64.2 Å². The maximum atomic E-state index is 11.7. The first kappa shape index (κ1) is 27.3. The number of hydrogen-bond donors (Lipinski definition) is 0. The number of carbonyl (C=O) groups is 2. The fourth-order valence-electron chi connectivity index (χ4n) is 4.68. The second kappa shape index (κ2) is 12.6. The van der Waals surface area contributed by atoms with Crippen molar-refractivity contribution in [3.8, 4) is 11.5 Å². The van der Waals surface area contributed by atoms with Crippen molar-refractivity contribution in [2.45, 2.75) is 44.9 Å². The molecule has 194 valence electrons. The number of rotatable bonds is 6. The highest BCUT2D eigenvalue weighted by atomic mass is 16.5. The molecule has 2 aliphatic rings. The first-order valence-electron chi connectivity index (χ1n) is 12.6. The second-order valence-electron chi connectivity index (χ2n) is 10.1. The monoisotopic (exact) mass is 492 g/mol. The van der Waals surface area contributed by atoms with Crippen molar-refractivity contribution >= 4 is 17.9 Å². The third kappa shape index (κ3) is 7.36. The van der Waals surface area contributed by atoms with E-state index < -0.39 is 0 Å². The van der Waals surface area contributed by atoms with Gasteiger partial charge >= 0.3 is 0 Å². The first-order chi connectivity index (χ1) is 17.2. The Bertz CT molecular complexity index is 1100. The molecule has 0 saturated heterocycles. The van der Waals surface area contributed by atoms with Gasteiger partial charge in [-0.25, -0.2) is 0 Å². The van der Waals surface area contributed by atoms with E-state index >= 15 is 0 Å². The Balaban J connectivity index is 0.000000201. The Kier molecular flexibility index (Phi) is 9.57. The van der Waals surface area contributed by atoms with Crippen LogP contribution in [0.15, 0.2) is 42.0 Å². The lowest BCUT2D eigenvalue weighted by Gasteiger charge is -2.25. The third-order valence-corrected chi connectivity index (χ3v) is 7.01. The van der Waals surface area contributed by atoms with Crippen LogP contribution in [0.2, 0.25) is 0 Å². The van der Waals surface area contributed by atoms with Crippen LogP contribution in [0.4, 0.5) is 0 Å². The van der Waals surface area contributed by atoms with Gasteiger partial charge in [0.05, 0.1) is 14.2 Å². The Hall–Kier alpha value is -3.28. The maximum absolute atomic E-state index is 11.7. The van der Waals surface area contributed by atoms with E-state index in [1.54, 1.807) is 38.1 Å². The Morgan fingerprint density at radius 2 is 1.44 bits per heavy atom. The zero-order valence-electron chi connectivity index (χ0n) is 22.6. The number of benzene rings is 2. The zero-order chi connectivity index (χ0) is 26.2. The predicted octanol–water partition coefficient (Wildman–Crippen LogP) is 4.78. The minimum atomic E-state index is 0.165. The van der Waals surface area contributed by atoms with Gasteiger partial charge in [-0.15, -0.1) is 0 Å². The summed E-state index contributed by atoms with van der Waals surface area (Å²) in [7, 11) is 10.6. The van der Waals surface area contributed by atoms with E-state index in [9.17, 15) is 9.59 Å². The summed E-state index contributed by atoms with van der Waals surface area (Å²) in [6.07, 6.45) is 8.44. The first-order valence-corrected chi connectivity index (χ1v) is 12.6. The molecule has 0 N–H and O–H groups in total. The molecular formula is C30H40N2O4. The average molecular weight is 493 g/mol. The number of aryl methyl sites for hydroxylation is 2. The normalized spacial score (nSPS) is 15.8. The van der Waals surface area contributed by atoms with Crippen LogP contribution in [-0.2, 0) is 28.9 Å². The minimum Gasteiger partial charge on any atom is -0.497 e. The molecule has 36 heavy (non-hydrogen) atoms. The average Bonchev–Trinajstić information content (AvgIpc) is 2.88. The molecule has 2 aromatic rings. The Labute approximate surface area is 215 Å². The van der Waals surface area contributed by atoms with Crippen LogP contribution in [0.1, 0.15) is 47.9 Å². The highest BCUT2D eigenvalue weighted by Gasteiger charge is 2.22. The van der Waals surface area contributed by atoms with E-state index in [2.05, 4.69) is 30.3 Å². The van der Waals surface area contributed by atoms with E-state index in [1.165, 1.54) is 27.8 Å². The van der Waals surface area contributed by atoms with Gasteiger partial charge in [-0.05, 0) is 84.5 Å². The predicted molar refractivity (Wildman–Crippen MR) is 144 cm³/mol. The molecule has 2 aliphatic carbocycles. The lowest BCUT2D eigenvalue weighted by molar-refractivity contribution is -0.130. The molecule has 4 rings (SSSR count). The van der Waals surface area contributed by atoms with Gasteiger partial charge in [0.1, 0.15) is 11.5 Å². The largest absolute Gasteiger partial charge is 0.497 e. The number of hydrogen-bond acceptors (Lipinski definition) is 4. The summed E-state index contributed by atoms with van der Waals surface area (Å²) >= 11 is 0. The summed E-state index contributed by atoms with van der Waals surface area (Å²) in [6, 6.07) is 12.4. The number of amides is 2.